The van der Waals surface area contributed by atoms with Crippen LogP contribution in [-0.4, -0.2) is 6.61 Å². The van der Waals surface area contributed by atoms with Gasteiger partial charge in [0.25, 0.3) is 0 Å². The van der Waals surface area contributed by atoms with Crippen LogP contribution in [0.25, 0.3) is 0 Å². The number of benzene rings is 1. The van der Waals surface area contributed by atoms with Crippen LogP contribution in [0.2, 0.25) is 0 Å². The molecule has 0 spiro atoms. The van der Waals surface area contributed by atoms with E-state index < -0.39 is 0 Å². The Bertz CT molecular complexity index is 540. The van der Waals surface area contributed by atoms with Crippen molar-refractivity contribution >= 4 is 31.9 Å². The van der Waals surface area contributed by atoms with Crippen molar-refractivity contribution in [3.05, 3.63) is 50.8 Å². The van der Waals surface area contributed by atoms with Crippen LogP contribution in [0.5, 0.6) is 5.75 Å². The average molecular weight is 375 g/mol. The summed E-state index contributed by atoms with van der Waals surface area (Å²) in [7, 11) is 0. The molecule has 18 heavy (non-hydrogen) atoms. The van der Waals surface area contributed by atoms with E-state index in [2.05, 4.69) is 31.9 Å². The highest BCUT2D eigenvalue weighted by atomic mass is 79.9. The van der Waals surface area contributed by atoms with E-state index in [4.69, 9.17) is 14.9 Å². The maximum atomic E-state index is 6.17. The zero-order valence-electron chi connectivity index (χ0n) is 9.82. The summed E-state index contributed by atoms with van der Waals surface area (Å²) in [5.41, 5.74) is 7.13. The minimum atomic E-state index is -0.304. The molecule has 1 unspecified atom stereocenters. The molecule has 1 aromatic carbocycles. The topological polar surface area (TPSA) is 48.4 Å². The van der Waals surface area contributed by atoms with Gasteiger partial charge in [0.2, 0.25) is 0 Å². The fraction of sp³-hybridized carbons (Fsp3) is 0.231. The van der Waals surface area contributed by atoms with Crippen LogP contribution in [-0.2, 0) is 0 Å². The molecule has 0 aliphatic rings. The molecule has 0 fully saturated rings. The van der Waals surface area contributed by atoms with Crippen LogP contribution in [0, 0.1) is 0 Å². The van der Waals surface area contributed by atoms with Crippen molar-refractivity contribution in [3.8, 4) is 5.75 Å². The van der Waals surface area contributed by atoms with E-state index in [0.717, 1.165) is 15.8 Å². The van der Waals surface area contributed by atoms with Gasteiger partial charge >= 0.3 is 0 Å². The molecule has 0 saturated carbocycles. The molecule has 96 valence electrons. The van der Waals surface area contributed by atoms with E-state index in [1.165, 1.54) is 0 Å². The first-order valence-electron chi connectivity index (χ1n) is 5.55. The predicted molar refractivity (Wildman–Crippen MR) is 77.7 cm³/mol. The summed E-state index contributed by atoms with van der Waals surface area (Å²) in [6.07, 6.45) is 0. The molecule has 1 atom stereocenters. The number of ether oxygens (including phenoxy) is 1. The molecule has 2 rings (SSSR count). The Balaban J connectivity index is 2.28. The summed E-state index contributed by atoms with van der Waals surface area (Å²) < 4.78 is 12.5. The van der Waals surface area contributed by atoms with Crippen molar-refractivity contribution in [2.24, 2.45) is 5.73 Å². The Morgan fingerprint density at radius 1 is 1.28 bits per heavy atom. The first kappa shape index (κ1) is 13.6. The van der Waals surface area contributed by atoms with Crippen LogP contribution in [0.15, 0.2) is 43.9 Å². The second-order valence-electron chi connectivity index (χ2n) is 3.74. The smallest absolute Gasteiger partial charge is 0.169 e. The molecule has 0 radical (unpaired) electrons. The largest absolute Gasteiger partial charge is 0.494 e. The number of hydrogen-bond donors (Lipinski definition) is 1. The van der Waals surface area contributed by atoms with E-state index in [-0.39, 0.29) is 6.04 Å². The van der Waals surface area contributed by atoms with Gasteiger partial charge in [0.15, 0.2) is 4.67 Å². The number of halogens is 2. The highest BCUT2D eigenvalue weighted by Gasteiger charge is 2.16. The lowest BCUT2D eigenvalue weighted by Crippen LogP contribution is -2.11. The van der Waals surface area contributed by atoms with E-state index in [9.17, 15) is 0 Å². The van der Waals surface area contributed by atoms with Crippen molar-refractivity contribution in [3.63, 3.8) is 0 Å². The lowest BCUT2D eigenvalue weighted by molar-refractivity contribution is 0.340. The lowest BCUT2D eigenvalue weighted by atomic mass is 10.1. The molecule has 5 heteroatoms. The summed E-state index contributed by atoms with van der Waals surface area (Å²) in [6.45, 7) is 2.59. The molecular weight excluding hydrogens is 362 g/mol. The van der Waals surface area contributed by atoms with Crippen molar-refractivity contribution in [2.75, 3.05) is 6.61 Å². The molecule has 2 N–H and O–H groups in total. The molecule has 0 aliphatic carbocycles. The molecule has 0 amide bonds. The zero-order valence-corrected chi connectivity index (χ0v) is 13.0. The Kier molecular flexibility index (Phi) is 4.48. The van der Waals surface area contributed by atoms with Crippen molar-refractivity contribution in [2.45, 2.75) is 13.0 Å². The molecule has 0 aliphatic heterocycles. The molecule has 3 nitrogen and oxygen atoms in total. The highest BCUT2D eigenvalue weighted by molar-refractivity contribution is 9.10. The number of rotatable bonds is 4. The number of furan rings is 1. The fourth-order valence-electron chi connectivity index (χ4n) is 1.67. The molecule has 2 aromatic rings. The fourth-order valence-corrected chi connectivity index (χ4v) is 2.59. The van der Waals surface area contributed by atoms with Gasteiger partial charge in [-0.1, -0.05) is 22.0 Å². The first-order valence-corrected chi connectivity index (χ1v) is 7.13. The highest BCUT2D eigenvalue weighted by Crippen LogP contribution is 2.31. The SMILES string of the molecule is CCOc1ccc(C(N)c2ccc(Br)o2)c(Br)c1. The van der Waals surface area contributed by atoms with Gasteiger partial charge in [-0.05, 0) is 52.7 Å². The van der Waals surface area contributed by atoms with Gasteiger partial charge < -0.3 is 14.9 Å². The van der Waals surface area contributed by atoms with Crippen LogP contribution >= 0.6 is 31.9 Å². The maximum absolute atomic E-state index is 6.17. The van der Waals surface area contributed by atoms with Crippen LogP contribution in [0.1, 0.15) is 24.3 Å². The minimum Gasteiger partial charge on any atom is -0.494 e. The van der Waals surface area contributed by atoms with Crippen molar-refractivity contribution in [1.82, 2.24) is 0 Å². The molecule has 1 aromatic heterocycles. The summed E-state index contributed by atoms with van der Waals surface area (Å²) in [6, 6.07) is 9.14. The Morgan fingerprint density at radius 3 is 2.61 bits per heavy atom. The van der Waals surface area contributed by atoms with Crippen LogP contribution in [0.3, 0.4) is 0 Å². The normalized spacial score (nSPS) is 12.4. The molecule has 0 saturated heterocycles. The third-order valence-electron chi connectivity index (χ3n) is 2.52. The Labute approximate surface area is 123 Å². The van der Waals surface area contributed by atoms with Crippen LogP contribution in [0.4, 0.5) is 0 Å². The number of hydrogen-bond acceptors (Lipinski definition) is 3. The molecule has 0 bridgehead atoms. The Hall–Kier alpha value is -0.780. The van der Waals surface area contributed by atoms with Gasteiger partial charge in [-0.25, -0.2) is 0 Å². The van der Waals surface area contributed by atoms with Crippen LogP contribution < -0.4 is 10.5 Å². The van der Waals surface area contributed by atoms with Gasteiger partial charge in [-0.2, -0.15) is 0 Å². The summed E-state index contributed by atoms with van der Waals surface area (Å²) in [5.74, 6) is 1.53. The summed E-state index contributed by atoms with van der Waals surface area (Å²) in [5, 5.41) is 0. The Morgan fingerprint density at radius 2 is 2.06 bits per heavy atom. The van der Waals surface area contributed by atoms with Gasteiger partial charge in [0.05, 0.1) is 12.6 Å². The maximum Gasteiger partial charge on any atom is 0.169 e. The quantitative estimate of drug-likeness (QED) is 0.870. The second-order valence-corrected chi connectivity index (χ2v) is 5.37. The van der Waals surface area contributed by atoms with E-state index in [0.29, 0.717) is 17.0 Å². The molecule has 1 heterocycles. The average Bonchev–Trinajstić information content (AvgIpc) is 2.76. The monoisotopic (exact) mass is 373 g/mol. The third kappa shape index (κ3) is 2.96. The van der Waals surface area contributed by atoms with Gasteiger partial charge in [-0.3, -0.25) is 0 Å². The zero-order chi connectivity index (χ0) is 13.1. The van der Waals surface area contributed by atoms with E-state index in [1.807, 2.05) is 37.3 Å². The predicted octanol–water partition coefficient (Wildman–Crippen LogP) is 4.25. The summed E-state index contributed by atoms with van der Waals surface area (Å²) in [4.78, 5) is 0. The summed E-state index contributed by atoms with van der Waals surface area (Å²) >= 11 is 6.78. The standard InChI is InChI=1S/C13H13Br2NO2/c1-2-17-8-3-4-9(10(14)7-8)13(16)11-5-6-12(15)18-11/h3-7,13H,2,16H2,1H3. The third-order valence-corrected chi connectivity index (χ3v) is 3.63. The van der Waals surface area contributed by atoms with Crippen molar-refractivity contribution < 1.29 is 9.15 Å². The van der Waals surface area contributed by atoms with Gasteiger partial charge in [0, 0.05) is 4.47 Å². The lowest BCUT2D eigenvalue weighted by Gasteiger charge is -2.13. The van der Waals surface area contributed by atoms with Crippen molar-refractivity contribution in [1.29, 1.82) is 0 Å². The minimum absolute atomic E-state index is 0.304. The van der Waals surface area contributed by atoms with E-state index in [1.54, 1.807) is 0 Å². The second kappa shape index (κ2) is 5.91. The van der Waals surface area contributed by atoms with E-state index >= 15 is 0 Å². The molecular formula is C13H13Br2NO2. The number of nitrogens with two attached hydrogens (primary N) is 1. The van der Waals surface area contributed by atoms with Gasteiger partial charge in [-0.15, -0.1) is 0 Å². The first-order chi connectivity index (χ1) is 8.61. The van der Waals surface area contributed by atoms with Gasteiger partial charge in [0.1, 0.15) is 11.5 Å².